The van der Waals surface area contributed by atoms with Crippen LogP contribution in [0.1, 0.15) is 30.9 Å². The first-order valence-electron chi connectivity index (χ1n) is 6.91. The average Bonchev–Trinajstić information content (AvgIpc) is 2.99. The van der Waals surface area contributed by atoms with E-state index in [0.717, 1.165) is 15.4 Å². The van der Waals surface area contributed by atoms with Gasteiger partial charge in [0.25, 0.3) is 0 Å². The predicted molar refractivity (Wildman–Crippen MR) is 78.1 cm³/mol. The van der Waals surface area contributed by atoms with E-state index in [1.54, 1.807) is 26.0 Å². The normalized spacial score (nSPS) is 26.6. The molecule has 2 unspecified atom stereocenters. The molecule has 1 aromatic heterocycles. The Morgan fingerprint density at radius 3 is 2.48 bits per heavy atom. The molecule has 1 aromatic carbocycles. The van der Waals surface area contributed by atoms with Crippen molar-refractivity contribution >= 4 is 5.71 Å². The minimum Gasteiger partial charge on any atom is -0.622 e. The average molecular weight is 286 g/mol. The maximum Gasteiger partial charge on any atom is 0.306 e. The van der Waals surface area contributed by atoms with Crippen molar-refractivity contribution in [3.05, 3.63) is 64.8 Å². The van der Waals surface area contributed by atoms with Crippen molar-refractivity contribution in [3.8, 4) is 0 Å². The standard InChI is InChI=1S/C16H18N2O3/c1-11-9-10-14(21-11)16(3)17(19)12(2)15(18(16)20)13-7-5-4-6-8-13/h4-10,12,19H,1-3H3. The molecule has 2 aromatic rings. The lowest BCUT2D eigenvalue weighted by atomic mass is 10.1. The molecule has 0 spiro atoms. The van der Waals surface area contributed by atoms with Crippen molar-refractivity contribution in [2.24, 2.45) is 0 Å². The van der Waals surface area contributed by atoms with Crippen LogP contribution in [0.25, 0.3) is 0 Å². The molecular weight excluding hydrogens is 268 g/mol. The molecule has 0 amide bonds. The summed E-state index contributed by atoms with van der Waals surface area (Å²) < 4.78 is 6.43. The first kappa shape index (κ1) is 13.9. The maximum absolute atomic E-state index is 12.9. The Kier molecular flexibility index (Phi) is 3.11. The smallest absolute Gasteiger partial charge is 0.306 e. The fraction of sp³-hybridized carbons (Fsp3) is 0.312. The van der Waals surface area contributed by atoms with Gasteiger partial charge in [-0.1, -0.05) is 18.2 Å². The van der Waals surface area contributed by atoms with Crippen LogP contribution < -0.4 is 0 Å². The molecule has 3 rings (SSSR count). The molecule has 0 aliphatic carbocycles. The Balaban J connectivity index is 2.17. The highest BCUT2D eigenvalue weighted by Gasteiger charge is 2.56. The predicted octanol–water partition coefficient (Wildman–Crippen LogP) is 2.85. The Morgan fingerprint density at radius 1 is 1.24 bits per heavy atom. The van der Waals surface area contributed by atoms with Crippen molar-refractivity contribution in [1.82, 2.24) is 5.06 Å². The lowest BCUT2D eigenvalue weighted by molar-refractivity contribution is -0.599. The third-order valence-electron chi connectivity index (χ3n) is 4.10. The number of hydroxylamine groups is 3. The van der Waals surface area contributed by atoms with Crippen molar-refractivity contribution in [1.29, 1.82) is 0 Å². The molecule has 0 fully saturated rings. The summed E-state index contributed by atoms with van der Waals surface area (Å²) in [5.74, 6) is 1.13. The number of aryl methyl sites for hydroxylation is 1. The van der Waals surface area contributed by atoms with Gasteiger partial charge in [-0.2, -0.15) is 4.74 Å². The van der Waals surface area contributed by atoms with E-state index in [9.17, 15) is 10.4 Å². The molecule has 1 N–H and O–H groups in total. The van der Waals surface area contributed by atoms with Crippen molar-refractivity contribution in [2.75, 3.05) is 0 Å². The van der Waals surface area contributed by atoms with Gasteiger partial charge in [-0.05, 0) is 38.1 Å². The van der Waals surface area contributed by atoms with E-state index >= 15 is 0 Å². The molecule has 0 saturated heterocycles. The molecule has 2 heterocycles. The topological polar surface area (TPSA) is 62.7 Å². The molecular formula is C16H18N2O3. The van der Waals surface area contributed by atoms with Gasteiger partial charge in [0.15, 0.2) is 5.76 Å². The summed E-state index contributed by atoms with van der Waals surface area (Å²) in [6, 6.07) is 12.4. The van der Waals surface area contributed by atoms with Gasteiger partial charge in [0.05, 0.1) is 0 Å². The van der Waals surface area contributed by atoms with Crippen LogP contribution >= 0.6 is 0 Å². The van der Waals surface area contributed by atoms with Crippen LogP contribution in [0.5, 0.6) is 0 Å². The molecule has 21 heavy (non-hydrogen) atoms. The second-order valence-electron chi connectivity index (χ2n) is 5.50. The van der Waals surface area contributed by atoms with E-state index < -0.39 is 11.7 Å². The number of nitrogens with zero attached hydrogens (tertiary/aromatic N) is 2. The molecule has 0 saturated carbocycles. The van der Waals surface area contributed by atoms with Crippen LogP contribution in [0.3, 0.4) is 0 Å². The number of benzene rings is 1. The number of rotatable bonds is 2. The Bertz CT molecular complexity index is 693. The highest BCUT2D eigenvalue weighted by atomic mass is 16.6. The van der Waals surface area contributed by atoms with Gasteiger partial charge in [0, 0.05) is 12.5 Å². The lowest BCUT2D eigenvalue weighted by Gasteiger charge is -2.27. The SMILES string of the molecule is Cc1ccc(C2(C)N(O)C(C)C(c3ccccc3)=[N+]2[O-])o1. The van der Waals surface area contributed by atoms with Crippen molar-refractivity contribution in [3.63, 3.8) is 0 Å². The summed E-state index contributed by atoms with van der Waals surface area (Å²) in [5, 5.41) is 24.4. The minimum atomic E-state index is -1.27. The van der Waals surface area contributed by atoms with Crippen molar-refractivity contribution < 1.29 is 14.4 Å². The zero-order valence-electron chi connectivity index (χ0n) is 12.3. The summed E-state index contributed by atoms with van der Waals surface area (Å²) >= 11 is 0. The number of hydrogen-bond donors (Lipinski definition) is 1. The van der Waals surface area contributed by atoms with Gasteiger partial charge in [-0.25, -0.2) is 0 Å². The monoisotopic (exact) mass is 286 g/mol. The van der Waals surface area contributed by atoms with E-state index in [4.69, 9.17) is 4.42 Å². The van der Waals surface area contributed by atoms with Crippen LogP contribution in [0.15, 0.2) is 46.9 Å². The molecule has 1 aliphatic rings. The van der Waals surface area contributed by atoms with Crippen LogP contribution in [-0.4, -0.2) is 26.8 Å². The lowest BCUT2D eigenvalue weighted by Crippen LogP contribution is -2.45. The van der Waals surface area contributed by atoms with Crippen LogP contribution in [0.2, 0.25) is 0 Å². The van der Waals surface area contributed by atoms with Gasteiger partial charge in [0.2, 0.25) is 5.71 Å². The fourth-order valence-electron chi connectivity index (χ4n) is 2.86. The van der Waals surface area contributed by atoms with Crippen LogP contribution in [-0.2, 0) is 5.66 Å². The summed E-state index contributed by atoms with van der Waals surface area (Å²) in [7, 11) is 0. The third kappa shape index (κ3) is 1.89. The highest BCUT2D eigenvalue weighted by Crippen LogP contribution is 2.37. The third-order valence-corrected chi connectivity index (χ3v) is 4.10. The molecule has 0 radical (unpaired) electrons. The maximum atomic E-state index is 12.9. The molecule has 5 heteroatoms. The van der Waals surface area contributed by atoms with E-state index in [0.29, 0.717) is 17.2 Å². The second kappa shape index (κ2) is 4.72. The Morgan fingerprint density at radius 2 is 1.90 bits per heavy atom. The van der Waals surface area contributed by atoms with E-state index in [2.05, 4.69) is 0 Å². The Labute approximate surface area is 123 Å². The molecule has 2 atom stereocenters. The van der Waals surface area contributed by atoms with Gasteiger partial charge >= 0.3 is 5.66 Å². The van der Waals surface area contributed by atoms with Crippen molar-refractivity contribution in [2.45, 2.75) is 32.5 Å². The Hall–Kier alpha value is -2.11. The number of furan rings is 1. The zero-order valence-corrected chi connectivity index (χ0v) is 12.3. The molecule has 1 aliphatic heterocycles. The highest BCUT2D eigenvalue weighted by molar-refractivity contribution is 6.01. The van der Waals surface area contributed by atoms with E-state index in [1.807, 2.05) is 37.3 Å². The molecule has 110 valence electrons. The van der Waals surface area contributed by atoms with E-state index in [-0.39, 0.29) is 0 Å². The van der Waals surface area contributed by atoms with E-state index in [1.165, 1.54) is 0 Å². The quantitative estimate of drug-likeness (QED) is 0.681. The first-order chi connectivity index (χ1) is 9.96. The molecule has 0 bridgehead atoms. The first-order valence-corrected chi connectivity index (χ1v) is 6.91. The second-order valence-corrected chi connectivity index (χ2v) is 5.50. The van der Waals surface area contributed by atoms with Gasteiger partial charge in [-0.3, -0.25) is 0 Å². The zero-order chi connectivity index (χ0) is 15.2. The summed E-state index contributed by atoms with van der Waals surface area (Å²) in [6.45, 7) is 5.27. The van der Waals surface area contributed by atoms with Crippen LogP contribution in [0, 0.1) is 12.1 Å². The van der Waals surface area contributed by atoms with Crippen LogP contribution in [0.4, 0.5) is 0 Å². The summed E-state index contributed by atoms with van der Waals surface area (Å²) in [6.07, 6.45) is 0. The minimum absolute atomic E-state index is 0.426. The summed E-state index contributed by atoms with van der Waals surface area (Å²) in [5.41, 5.74) is 0.0551. The largest absolute Gasteiger partial charge is 0.622 e. The van der Waals surface area contributed by atoms with Gasteiger partial charge in [-0.15, -0.1) is 5.06 Å². The fourth-order valence-corrected chi connectivity index (χ4v) is 2.86. The number of hydrogen-bond acceptors (Lipinski definition) is 4. The summed E-state index contributed by atoms with van der Waals surface area (Å²) in [4.78, 5) is 0. The van der Waals surface area contributed by atoms with Gasteiger partial charge < -0.3 is 14.8 Å². The molecule has 5 nitrogen and oxygen atoms in total. The van der Waals surface area contributed by atoms with Gasteiger partial charge in [0.1, 0.15) is 11.8 Å².